The van der Waals surface area contributed by atoms with E-state index in [1.54, 1.807) is 6.07 Å². The molecule has 1 heterocycles. The van der Waals surface area contributed by atoms with E-state index >= 15 is 0 Å². The molecule has 1 aromatic rings. The fraction of sp³-hybridized carbons (Fsp3) is 0.500. The maximum absolute atomic E-state index is 13.6. The Labute approximate surface area is 90.1 Å². The molecule has 1 aliphatic heterocycles. The monoisotopic (exact) mass is 208 g/mol. The molecule has 1 fully saturated rings. The van der Waals surface area contributed by atoms with Crippen LogP contribution in [0.15, 0.2) is 18.2 Å². The minimum atomic E-state index is -0.116. The van der Waals surface area contributed by atoms with Crippen LogP contribution in [0.4, 0.5) is 10.1 Å². The third kappa shape index (κ3) is 2.29. The van der Waals surface area contributed by atoms with Crippen molar-refractivity contribution in [2.75, 3.05) is 24.5 Å². The molecule has 15 heavy (non-hydrogen) atoms. The molecule has 1 aliphatic rings. The van der Waals surface area contributed by atoms with Gasteiger partial charge in [-0.2, -0.15) is 0 Å². The van der Waals surface area contributed by atoms with Crippen molar-refractivity contribution in [3.63, 3.8) is 0 Å². The van der Waals surface area contributed by atoms with Gasteiger partial charge < -0.3 is 10.2 Å². The van der Waals surface area contributed by atoms with Crippen molar-refractivity contribution in [2.45, 2.75) is 19.9 Å². The minimum absolute atomic E-state index is 0.116. The van der Waals surface area contributed by atoms with Crippen LogP contribution in [0.5, 0.6) is 0 Å². The molecule has 0 saturated carbocycles. The van der Waals surface area contributed by atoms with Crippen LogP contribution in [-0.2, 0) is 0 Å². The minimum Gasteiger partial charge on any atom is -0.366 e. The fourth-order valence-electron chi connectivity index (χ4n) is 2.02. The summed E-state index contributed by atoms with van der Waals surface area (Å²) in [6.45, 7) is 6.80. The van der Waals surface area contributed by atoms with Crippen molar-refractivity contribution in [3.05, 3.63) is 29.6 Å². The van der Waals surface area contributed by atoms with E-state index in [-0.39, 0.29) is 5.82 Å². The van der Waals surface area contributed by atoms with E-state index in [0.717, 1.165) is 30.9 Å². The molecule has 0 aromatic heterocycles. The number of piperazine rings is 1. The molecule has 2 rings (SSSR count). The van der Waals surface area contributed by atoms with E-state index in [0.29, 0.717) is 6.04 Å². The highest BCUT2D eigenvalue weighted by molar-refractivity contribution is 5.50. The molecule has 2 nitrogen and oxygen atoms in total. The Morgan fingerprint density at radius 3 is 3.00 bits per heavy atom. The van der Waals surface area contributed by atoms with Gasteiger partial charge in [0.2, 0.25) is 0 Å². The number of nitrogens with one attached hydrogen (secondary N) is 1. The molecule has 1 saturated heterocycles. The van der Waals surface area contributed by atoms with Gasteiger partial charge in [0.25, 0.3) is 0 Å². The van der Waals surface area contributed by atoms with Crippen LogP contribution < -0.4 is 10.2 Å². The van der Waals surface area contributed by atoms with Crippen LogP contribution in [0, 0.1) is 12.7 Å². The molecular formula is C12H17FN2. The van der Waals surface area contributed by atoms with Crippen molar-refractivity contribution in [1.29, 1.82) is 0 Å². The number of rotatable bonds is 1. The molecule has 82 valence electrons. The van der Waals surface area contributed by atoms with Crippen LogP contribution in [0.1, 0.15) is 12.5 Å². The number of hydrogen-bond donors (Lipinski definition) is 1. The summed E-state index contributed by atoms with van der Waals surface area (Å²) in [5, 5.41) is 3.35. The van der Waals surface area contributed by atoms with Crippen molar-refractivity contribution in [2.24, 2.45) is 0 Å². The molecule has 0 bridgehead atoms. The summed E-state index contributed by atoms with van der Waals surface area (Å²) in [6, 6.07) is 5.72. The van der Waals surface area contributed by atoms with E-state index in [1.165, 1.54) is 0 Å². The van der Waals surface area contributed by atoms with Crippen LogP contribution >= 0.6 is 0 Å². The Hall–Kier alpha value is -1.09. The standard InChI is InChI=1S/C12H17FN2/c1-9-3-4-11(13)12(7-9)15-6-5-14-10(2)8-15/h3-4,7,10,14H,5-6,8H2,1-2H3. The lowest BCUT2D eigenvalue weighted by atomic mass is 10.1. The summed E-state index contributed by atoms with van der Waals surface area (Å²) < 4.78 is 13.6. The van der Waals surface area contributed by atoms with Crippen LogP contribution in [0.2, 0.25) is 0 Å². The number of anilines is 1. The topological polar surface area (TPSA) is 15.3 Å². The van der Waals surface area contributed by atoms with Crippen molar-refractivity contribution in [3.8, 4) is 0 Å². The van der Waals surface area contributed by atoms with E-state index in [1.807, 2.05) is 19.1 Å². The highest BCUT2D eigenvalue weighted by Gasteiger charge is 2.18. The zero-order valence-corrected chi connectivity index (χ0v) is 9.26. The molecule has 1 aromatic carbocycles. The van der Waals surface area contributed by atoms with Crippen LogP contribution in [0.3, 0.4) is 0 Å². The van der Waals surface area contributed by atoms with Gasteiger partial charge in [-0.3, -0.25) is 0 Å². The fourth-order valence-corrected chi connectivity index (χ4v) is 2.02. The summed E-state index contributed by atoms with van der Waals surface area (Å²) >= 11 is 0. The SMILES string of the molecule is Cc1ccc(F)c(N2CCNC(C)C2)c1. The van der Waals surface area contributed by atoms with Crippen molar-refractivity contribution in [1.82, 2.24) is 5.32 Å². The normalized spacial score (nSPS) is 21.8. The second-order valence-corrected chi connectivity index (χ2v) is 4.26. The Morgan fingerprint density at radius 1 is 1.47 bits per heavy atom. The third-order valence-electron chi connectivity index (χ3n) is 2.81. The molecule has 0 amide bonds. The van der Waals surface area contributed by atoms with Gasteiger partial charge in [0.1, 0.15) is 5.82 Å². The predicted octanol–water partition coefficient (Wildman–Crippen LogP) is 1.93. The molecule has 0 radical (unpaired) electrons. The van der Waals surface area contributed by atoms with Gasteiger partial charge in [-0.1, -0.05) is 6.07 Å². The molecule has 1 atom stereocenters. The third-order valence-corrected chi connectivity index (χ3v) is 2.81. The number of aryl methyl sites for hydroxylation is 1. The first-order valence-corrected chi connectivity index (χ1v) is 5.41. The first kappa shape index (κ1) is 10.4. The number of hydrogen-bond acceptors (Lipinski definition) is 2. The average molecular weight is 208 g/mol. The molecule has 0 spiro atoms. The van der Waals surface area contributed by atoms with Gasteiger partial charge in [0.15, 0.2) is 0 Å². The summed E-state index contributed by atoms with van der Waals surface area (Å²) in [5.41, 5.74) is 1.85. The van der Waals surface area contributed by atoms with Gasteiger partial charge in [-0.25, -0.2) is 4.39 Å². The lowest BCUT2D eigenvalue weighted by Crippen LogP contribution is -2.49. The number of benzene rings is 1. The molecule has 1 N–H and O–H groups in total. The first-order chi connectivity index (χ1) is 7.16. The highest BCUT2D eigenvalue weighted by atomic mass is 19.1. The zero-order valence-electron chi connectivity index (χ0n) is 9.26. The largest absolute Gasteiger partial charge is 0.366 e. The molecule has 1 unspecified atom stereocenters. The number of halogens is 1. The van der Waals surface area contributed by atoms with Gasteiger partial charge in [0, 0.05) is 25.7 Å². The summed E-state index contributed by atoms with van der Waals surface area (Å²) in [7, 11) is 0. The molecule has 0 aliphatic carbocycles. The summed E-state index contributed by atoms with van der Waals surface area (Å²) in [5.74, 6) is -0.116. The Kier molecular flexibility index (Phi) is 2.91. The Balaban J connectivity index is 2.24. The lowest BCUT2D eigenvalue weighted by molar-refractivity contribution is 0.478. The maximum atomic E-state index is 13.6. The van der Waals surface area contributed by atoms with Gasteiger partial charge >= 0.3 is 0 Å². The zero-order chi connectivity index (χ0) is 10.8. The molecular weight excluding hydrogens is 191 g/mol. The highest BCUT2D eigenvalue weighted by Crippen LogP contribution is 2.21. The van der Waals surface area contributed by atoms with E-state index < -0.39 is 0 Å². The summed E-state index contributed by atoms with van der Waals surface area (Å²) in [4.78, 5) is 2.11. The lowest BCUT2D eigenvalue weighted by Gasteiger charge is -2.34. The number of nitrogens with zero attached hydrogens (tertiary/aromatic N) is 1. The Bertz CT molecular complexity index is 351. The predicted molar refractivity (Wildman–Crippen MR) is 60.8 cm³/mol. The van der Waals surface area contributed by atoms with E-state index in [4.69, 9.17) is 0 Å². The quantitative estimate of drug-likeness (QED) is 0.758. The van der Waals surface area contributed by atoms with E-state index in [9.17, 15) is 4.39 Å². The smallest absolute Gasteiger partial charge is 0.146 e. The molecule has 3 heteroatoms. The maximum Gasteiger partial charge on any atom is 0.146 e. The Morgan fingerprint density at radius 2 is 2.27 bits per heavy atom. The summed E-state index contributed by atoms with van der Waals surface area (Å²) in [6.07, 6.45) is 0. The second-order valence-electron chi connectivity index (χ2n) is 4.26. The van der Waals surface area contributed by atoms with Crippen molar-refractivity contribution < 1.29 is 4.39 Å². The van der Waals surface area contributed by atoms with Crippen LogP contribution in [-0.4, -0.2) is 25.7 Å². The van der Waals surface area contributed by atoms with Gasteiger partial charge in [-0.05, 0) is 31.5 Å². The van der Waals surface area contributed by atoms with Gasteiger partial charge in [0.05, 0.1) is 5.69 Å². The van der Waals surface area contributed by atoms with E-state index in [2.05, 4.69) is 17.1 Å². The average Bonchev–Trinajstić information content (AvgIpc) is 2.22. The second kappa shape index (κ2) is 4.19. The van der Waals surface area contributed by atoms with Gasteiger partial charge in [-0.15, -0.1) is 0 Å². The van der Waals surface area contributed by atoms with Crippen molar-refractivity contribution >= 4 is 5.69 Å². The van der Waals surface area contributed by atoms with Crippen LogP contribution in [0.25, 0.3) is 0 Å². The first-order valence-electron chi connectivity index (χ1n) is 5.41.